The number of thiazole rings is 1. The summed E-state index contributed by atoms with van der Waals surface area (Å²) in [7, 11) is 1.63. The van der Waals surface area contributed by atoms with Crippen LogP contribution in [0.4, 0.5) is 0 Å². The molecule has 82 valence electrons. The van der Waals surface area contributed by atoms with Gasteiger partial charge >= 0.3 is 0 Å². The Morgan fingerprint density at radius 2 is 2.25 bits per heavy atom. The van der Waals surface area contributed by atoms with Crippen LogP contribution in [0.3, 0.4) is 0 Å². The number of Topliss-reactive ketones (excluding diaryl/α,β-unsaturated/α-hetero) is 1. The number of benzene rings is 1. The fraction of sp³-hybridized carbons (Fsp3) is 0.167. The highest BCUT2D eigenvalue weighted by atomic mass is 32.1. The Labute approximate surface area is 97.7 Å². The van der Waals surface area contributed by atoms with Crippen molar-refractivity contribution in [1.29, 1.82) is 0 Å². The van der Waals surface area contributed by atoms with Gasteiger partial charge in [-0.05, 0) is 12.1 Å². The number of nitrogens with zero attached hydrogens (tertiary/aromatic N) is 1. The van der Waals surface area contributed by atoms with E-state index in [1.165, 1.54) is 18.3 Å². The molecule has 1 heterocycles. The number of rotatable bonds is 3. The third-order valence-corrected chi connectivity index (χ3v) is 3.07. The van der Waals surface area contributed by atoms with Crippen LogP contribution >= 0.6 is 11.3 Å². The summed E-state index contributed by atoms with van der Waals surface area (Å²) in [6.07, 6.45) is 0. The molecular weight excluding hydrogens is 222 g/mol. The smallest absolute Gasteiger partial charge is 0.178 e. The monoisotopic (exact) mass is 233 g/mol. The molecule has 0 atom stereocenters. The number of hydrogen-bond donors (Lipinski definition) is 0. The zero-order chi connectivity index (χ0) is 11.5. The summed E-state index contributed by atoms with van der Waals surface area (Å²) in [6.45, 7) is 1.52. The lowest BCUT2D eigenvalue weighted by Crippen LogP contribution is -1.91. The van der Waals surface area contributed by atoms with Crippen molar-refractivity contribution in [3.63, 3.8) is 0 Å². The highest BCUT2D eigenvalue weighted by Crippen LogP contribution is 2.26. The number of ketones is 1. The van der Waals surface area contributed by atoms with Gasteiger partial charge in [0.25, 0.3) is 0 Å². The molecule has 0 bridgehead atoms. The first-order valence-corrected chi connectivity index (χ1v) is 5.69. The van der Waals surface area contributed by atoms with Gasteiger partial charge in [0.15, 0.2) is 5.78 Å². The zero-order valence-corrected chi connectivity index (χ0v) is 9.88. The number of carbonyl (C=O) groups excluding carboxylic acids is 1. The van der Waals surface area contributed by atoms with E-state index in [0.29, 0.717) is 5.69 Å². The van der Waals surface area contributed by atoms with E-state index in [9.17, 15) is 4.79 Å². The van der Waals surface area contributed by atoms with E-state index in [-0.39, 0.29) is 5.78 Å². The molecule has 0 saturated carbocycles. The minimum Gasteiger partial charge on any atom is -0.497 e. The van der Waals surface area contributed by atoms with Crippen molar-refractivity contribution in [3.8, 4) is 16.3 Å². The average Bonchev–Trinajstić information content (AvgIpc) is 2.78. The van der Waals surface area contributed by atoms with E-state index < -0.39 is 0 Å². The molecule has 0 spiro atoms. The number of hydrogen-bond acceptors (Lipinski definition) is 4. The van der Waals surface area contributed by atoms with Crippen LogP contribution in [0.1, 0.15) is 17.4 Å². The lowest BCUT2D eigenvalue weighted by molar-refractivity contribution is 0.101. The molecule has 0 aliphatic carbocycles. The van der Waals surface area contributed by atoms with Crippen molar-refractivity contribution < 1.29 is 9.53 Å². The summed E-state index contributed by atoms with van der Waals surface area (Å²) in [5.74, 6) is 0.780. The van der Waals surface area contributed by atoms with Crippen molar-refractivity contribution >= 4 is 17.1 Å². The molecule has 4 heteroatoms. The van der Waals surface area contributed by atoms with Crippen molar-refractivity contribution in [2.75, 3.05) is 7.11 Å². The predicted octanol–water partition coefficient (Wildman–Crippen LogP) is 3.02. The lowest BCUT2D eigenvalue weighted by atomic mass is 10.2. The Bertz CT molecular complexity index is 519. The third-order valence-electron chi connectivity index (χ3n) is 2.18. The first-order valence-electron chi connectivity index (χ1n) is 4.81. The zero-order valence-electron chi connectivity index (χ0n) is 9.06. The topological polar surface area (TPSA) is 39.2 Å². The van der Waals surface area contributed by atoms with Crippen LogP contribution in [0, 0.1) is 0 Å². The van der Waals surface area contributed by atoms with Crippen LogP contribution < -0.4 is 4.74 Å². The van der Waals surface area contributed by atoms with E-state index in [1.54, 1.807) is 12.5 Å². The predicted molar refractivity (Wildman–Crippen MR) is 64.1 cm³/mol. The van der Waals surface area contributed by atoms with Gasteiger partial charge in [-0.3, -0.25) is 4.79 Å². The minimum absolute atomic E-state index is 0.00889. The Balaban J connectivity index is 2.38. The lowest BCUT2D eigenvalue weighted by Gasteiger charge is -2.00. The number of aromatic nitrogens is 1. The summed E-state index contributed by atoms with van der Waals surface area (Å²) in [5.41, 5.74) is 1.49. The average molecular weight is 233 g/mol. The molecule has 16 heavy (non-hydrogen) atoms. The Hall–Kier alpha value is -1.68. The van der Waals surface area contributed by atoms with Gasteiger partial charge in [-0.15, -0.1) is 11.3 Å². The molecule has 3 nitrogen and oxygen atoms in total. The molecule has 2 aromatic rings. The van der Waals surface area contributed by atoms with E-state index in [2.05, 4.69) is 4.98 Å². The number of methoxy groups -OCH3 is 1. The quantitative estimate of drug-likeness (QED) is 0.765. The summed E-state index contributed by atoms with van der Waals surface area (Å²) in [5, 5.41) is 2.61. The molecule has 0 aliphatic heterocycles. The normalized spacial score (nSPS) is 10.1. The third kappa shape index (κ3) is 2.12. The Morgan fingerprint density at radius 3 is 2.88 bits per heavy atom. The first kappa shape index (κ1) is 10.8. The molecular formula is C12H11NO2S. The van der Waals surface area contributed by atoms with Gasteiger partial charge in [-0.25, -0.2) is 4.98 Å². The maximum Gasteiger partial charge on any atom is 0.178 e. The fourth-order valence-corrected chi connectivity index (χ4v) is 2.18. The van der Waals surface area contributed by atoms with E-state index >= 15 is 0 Å². The molecule has 0 amide bonds. The second-order valence-electron chi connectivity index (χ2n) is 3.33. The van der Waals surface area contributed by atoms with E-state index in [4.69, 9.17) is 4.74 Å². The van der Waals surface area contributed by atoms with Gasteiger partial charge in [0.2, 0.25) is 0 Å². The van der Waals surface area contributed by atoms with E-state index in [1.807, 2.05) is 24.3 Å². The maximum atomic E-state index is 11.1. The van der Waals surface area contributed by atoms with Gasteiger partial charge < -0.3 is 4.74 Å². The van der Waals surface area contributed by atoms with Crippen molar-refractivity contribution in [3.05, 3.63) is 35.3 Å². The van der Waals surface area contributed by atoms with Crippen molar-refractivity contribution in [2.45, 2.75) is 6.92 Å². The molecule has 1 aromatic carbocycles. The Morgan fingerprint density at radius 1 is 1.44 bits per heavy atom. The highest BCUT2D eigenvalue weighted by molar-refractivity contribution is 7.13. The molecule has 0 fully saturated rings. The van der Waals surface area contributed by atoms with Crippen LogP contribution in [0.25, 0.3) is 10.6 Å². The van der Waals surface area contributed by atoms with E-state index in [0.717, 1.165) is 16.3 Å². The Kier molecular flexibility index (Phi) is 3.01. The molecule has 0 unspecified atom stereocenters. The second-order valence-corrected chi connectivity index (χ2v) is 4.18. The van der Waals surface area contributed by atoms with Gasteiger partial charge in [0.05, 0.1) is 7.11 Å². The summed E-state index contributed by atoms with van der Waals surface area (Å²) in [6, 6.07) is 7.64. The summed E-state index contributed by atoms with van der Waals surface area (Å²) < 4.78 is 5.14. The molecule has 1 aromatic heterocycles. The van der Waals surface area contributed by atoms with Crippen LogP contribution in [-0.2, 0) is 0 Å². The van der Waals surface area contributed by atoms with Gasteiger partial charge in [-0.2, -0.15) is 0 Å². The van der Waals surface area contributed by atoms with Crippen LogP contribution in [0.2, 0.25) is 0 Å². The summed E-state index contributed by atoms with van der Waals surface area (Å²) in [4.78, 5) is 15.4. The number of ether oxygens (including phenoxy) is 1. The van der Waals surface area contributed by atoms with Crippen molar-refractivity contribution in [1.82, 2.24) is 4.98 Å². The maximum absolute atomic E-state index is 11.1. The molecule has 0 aliphatic rings. The molecule has 0 saturated heterocycles. The molecule has 0 N–H and O–H groups in total. The van der Waals surface area contributed by atoms with Gasteiger partial charge in [0, 0.05) is 17.9 Å². The summed E-state index contributed by atoms with van der Waals surface area (Å²) >= 11 is 1.46. The number of carbonyl (C=O) groups is 1. The molecule has 2 rings (SSSR count). The molecule has 0 radical (unpaired) electrons. The van der Waals surface area contributed by atoms with Gasteiger partial charge in [-0.1, -0.05) is 12.1 Å². The van der Waals surface area contributed by atoms with Crippen LogP contribution in [-0.4, -0.2) is 17.9 Å². The van der Waals surface area contributed by atoms with Gasteiger partial charge in [0.1, 0.15) is 16.5 Å². The van der Waals surface area contributed by atoms with Crippen LogP contribution in [0.15, 0.2) is 29.6 Å². The fourth-order valence-electron chi connectivity index (χ4n) is 1.32. The standard InChI is InChI=1S/C12H11NO2S/c1-8(14)11-7-16-12(13-11)9-4-3-5-10(6-9)15-2/h3-7H,1-2H3. The first-order chi connectivity index (χ1) is 7.70. The largest absolute Gasteiger partial charge is 0.497 e. The van der Waals surface area contributed by atoms with Crippen molar-refractivity contribution in [2.24, 2.45) is 0 Å². The highest BCUT2D eigenvalue weighted by Gasteiger charge is 2.08. The SMILES string of the molecule is COc1cccc(-c2nc(C(C)=O)cs2)c1. The second kappa shape index (κ2) is 4.45. The minimum atomic E-state index is -0.00889. The van der Waals surface area contributed by atoms with Crippen LogP contribution in [0.5, 0.6) is 5.75 Å².